The first kappa shape index (κ1) is 18.6. The highest BCUT2D eigenvalue weighted by Crippen LogP contribution is 2.43. The van der Waals surface area contributed by atoms with Gasteiger partial charge in [-0.25, -0.2) is 0 Å². The zero-order chi connectivity index (χ0) is 17.4. The summed E-state index contributed by atoms with van der Waals surface area (Å²) in [6, 6.07) is 15.2. The predicted octanol–water partition coefficient (Wildman–Crippen LogP) is 4.68. The van der Waals surface area contributed by atoms with Gasteiger partial charge in [0, 0.05) is 13.2 Å². The van der Waals surface area contributed by atoms with Gasteiger partial charge in [-0.1, -0.05) is 38.1 Å². The molecule has 0 aromatic heterocycles. The maximum Gasteiger partial charge on any atom is 0.281 e. The van der Waals surface area contributed by atoms with Gasteiger partial charge in [-0.15, -0.1) is 0 Å². The highest BCUT2D eigenvalue weighted by Gasteiger charge is 2.19. The third-order valence-corrected chi connectivity index (χ3v) is 4.77. The number of hydrogen-bond donors (Lipinski definition) is 1. The quantitative estimate of drug-likeness (QED) is 0.798. The van der Waals surface area contributed by atoms with Crippen LogP contribution >= 0.6 is 7.37 Å². The van der Waals surface area contributed by atoms with Crippen molar-refractivity contribution in [3.8, 4) is 11.5 Å². The van der Waals surface area contributed by atoms with Crippen molar-refractivity contribution in [3.63, 3.8) is 0 Å². The van der Waals surface area contributed by atoms with Crippen molar-refractivity contribution in [3.05, 3.63) is 59.7 Å². The van der Waals surface area contributed by atoms with E-state index >= 15 is 0 Å². The fraction of sp³-hybridized carbons (Fsp3) is 0.368. The molecule has 2 aromatic carbocycles. The molecule has 1 aliphatic rings. The molecular formula is C19H26NO3P. The van der Waals surface area contributed by atoms with E-state index in [0.29, 0.717) is 5.75 Å². The molecule has 0 bridgehead atoms. The summed E-state index contributed by atoms with van der Waals surface area (Å²) in [5.41, 5.74) is 2.60. The van der Waals surface area contributed by atoms with E-state index in [1.807, 2.05) is 44.2 Å². The summed E-state index contributed by atoms with van der Waals surface area (Å²) < 4.78 is 23.7. The predicted molar refractivity (Wildman–Crippen MR) is 99.3 cm³/mol. The largest absolute Gasteiger partial charge is 0.482 e. The molecular weight excluding hydrogens is 321 g/mol. The Bertz CT molecular complexity index is 688. The first-order chi connectivity index (χ1) is 11.6. The van der Waals surface area contributed by atoms with Crippen LogP contribution in [0.1, 0.15) is 25.0 Å². The summed E-state index contributed by atoms with van der Waals surface area (Å²) in [5, 5.41) is 3.34. The van der Waals surface area contributed by atoms with Gasteiger partial charge in [-0.05, 0) is 48.4 Å². The lowest BCUT2D eigenvalue weighted by Gasteiger charge is -2.19. The maximum atomic E-state index is 12.5. The van der Waals surface area contributed by atoms with Crippen molar-refractivity contribution in [2.24, 2.45) is 0 Å². The molecule has 2 aromatic rings. The van der Waals surface area contributed by atoms with Crippen molar-refractivity contribution >= 4 is 7.37 Å². The molecule has 0 fully saturated rings. The van der Waals surface area contributed by atoms with Crippen LogP contribution in [0.15, 0.2) is 48.5 Å². The molecule has 130 valence electrons. The van der Waals surface area contributed by atoms with E-state index in [4.69, 9.17) is 9.26 Å². The summed E-state index contributed by atoms with van der Waals surface area (Å²) in [7, 11) is -2.84. The number of benzene rings is 2. The van der Waals surface area contributed by atoms with Crippen molar-refractivity contribution in [2.75, 3.05) is 19.6 Å². The molecule has 5 heteroatoms. The topological polar surface area (TPSA) is 47.6 Å². The van der Waals surface area contributed by atoms with Crippen molar-refractivity contribution < 1.29 is 13.8 Å². The second kappa shape index (κ2) is 8.91. The Morgan fingerprint density at radius 2 is 1.79 bits per heavy atom. The van der Waals surface area contributed by atoms with Gasteiger partial charge in [0.05, 0.1) is 0 Å². The Labute approximate surface area is 144 Å². The molecule has 0 radical (unpaired) electrons. The lowest BCUT2D eigenvalue weighted by molar-refractivity contribution is 0.354. The van der Waals surface area contributed by atoms with Crippen LogP contribution in [0, 0.1) is 0 Å². The van der Waals surface area contributed by atoms with Crippen LogP contribution in [0.3, 0.4) is 0 Å². The molecule has 1 atom stereocenters. The Hall–Kier alpha value is -1.77. The highest BCUT2D eigenvalue weighted by molar-refractivity contribution is 7.58. The van der Waals surface area contributed by atoms with E-state index < -0.39 is 7.37 Å². The van der Waals surface area contributed by atoms with Gasteiger partial charge < -0.3 is 14.6 Å². The van der Waals surface area contributed by atoms with Crippen LogP contribution < -0.4 is 14.6 Å². The smallest absolute Gasteiger partial charge is 0.281 e. The standard InChI is InChI=1S/C17H20NO3P.C2H6/c1-22(19,21-16-5-3-2-4-6-16)13-20-17-8-7-15-12-18-10-9-14(15)11-17;1-2/h2-8,11,18H,9-10,12-13H2,1H3;1-2H3. The van der Waals surface area contributed by atoms with Crippen molar-refractivity contribution in [1.82, 2.24) is 5.32 Å². The van der Waals surface area contributed by atoms with E-state index in [1.165, 1.54) is 11.1 Å². The molecule has 0 saturated heterocycles. The summed E-state index contributed by atoms with van der Waals surface area (Å²) in [6.07, 6.45) is 1.07. The van der Waals surface area contributed by atoms with Crippen molar-refractivity contribution in [1.29, 1.82) is 0 Å². The van der Waals surface area contributed by atoms with Crippen LogP contribution in [0.2, 0.25) is 0 Å². The van der Waals surface area contributed by atoms with Crippen molar-refractivity contribution in [2.45, 2.75) is 26.8 Å². The lowest BCUT2D eigenvalue weighted by atomic mass is 10.0. The molecule has 24 heavy (non-hydrogen) atoms. The average molecular weight is 347 g/mol. The molecule has 1 unspecified atom stereocenters. The van der Waals surface area contributed by atoms with Gasteiger partial charge in [0.25, 0.3) is 7.37 Å². The van der Waals surface area contributed by atoms with Crippen LogP contribution in [0.4, 0.5) is 0 Å². The van der Waals surface area contributed by atoms with E-state index in [1.54, 1.807) is 18.8 Å². The molecule has 1 N–H and O–H groups in total. The minimum Gasteiger partial charge on any atom is -0.482 e. The molecule has 1 aliphatic heterocycles. The summed E-state index contributed by atoms with van der Waals surface area (Å²) >= 11 is 0. The van der Waals surface area contributed by atoms with Gasteiger partial charge >= 0.3 is 0 Å². The monoisotopic (exact) mass is 347 g/mol. The zero-order valence-corrected chi connectivity index (χ0v) is 15.5. The van der Waals surface area contributed by atoms with Crippen LogP contribution in [-0.4, -0.2) is 19.6 Å². The number of para-hydroxylation sites is 1. The minimum absolute atomic E-state index is 0.0684. The first-order valence-electron chi connectivity index (χ1n) is 8.39. The molecule has 1 heterocycles. The molecule has 4 nitrogen and oxygen atoms in total. The number of fused-ring (bicyclic) bond motifs is 1. The third-order valence-electron chi connectivity index (χ3n) is 3.57. The fourth-order valence-corrected chi connectivity index (χ4v) is 3.47. The fourth-order valence-electron chi connectivity index (χ4n) is 2.47. The second-order valence-electron chi connectivity index (χ2n) is 5.55. The Kier molecular flexibility index (Phi) is 6.89. The number of nitrogens with one attached hydrogen (secondary N) is 1. The van der Waals surface area contributed by atoms with Crippen LogP contribution in [0.5, 0.6) is 11.5 Å². The molecule has 0 amide bonds. The molecule has 0 spiro atoms. The molecule has 3 rings (SSSR count). The number of rotatable bonds is 5. The Morgan fingerprint density at radius 3 is 2.54 bits per heavy atom. The summed E-state index contributed by atoms with van der Waals surface area (Å²) in [6.45, 7) is 7.49. The average Bonchev–Trinajstić information content (AvgIpc) is 2.62. The SMILES string of the molecule is CC.CP(=O)(COc1ccc2c(c1)CCNC2)Oc1ccccc1. The van der Waals surface area contributed by atoms with Gasteiger partial charge in [0.1, 0.15) is 11.5 Å². The van der Waals surface area contributed by atoms with Crippen LogP contribution in [0.25, 0.3) is 0 Å². The van der Waals surface area contributed by atoms with Crippen LogP contribution in [-0.2, 0) is 17.5 Å². The third kappa shape index (κ3) is 5.40. The van der Waals surface area contributed by atoms with E-state index in [-0.39, 0.29) is 6.35 Å². The number of ether oxygens (including phenoxy) is 1. The maximum absolute atomic E-state index is 12.5. The minimum atomic E-state index is -2.84. The first-order valence-corrected chi connectivity index (χ1v) is 10.6. The van der Waals surface area contributed by atoms with Gasteiger partial charge in [-0.2, -0.15) is 0 Å². The Morgan fingerprint density at radius 1 is 1.04 bits per heavy atom. The normalized spacial score (nSPS) is 15.3. The Balaban J connectivity index is 0.00000100. The van der Waals surface area contributed by atoms with E-state index in [0.717, 1.165) is 25.3 Å². The number of hydrogen-bond acceptors (Lipinski definition) is 4. The lowest BCUT2D eigenvalue weighted by Crippen LogP contribution is -2.23. The zero-order valence-electron chi connectivity index (χ0n) is 14.6. The van der Waals surface area contributed by atoms with E-state index in [9.17, 15) is 4.57 Å². The molecule has 0 aliphatic carbocycles. The molecule has 0 saturated carbocycles. The van der Waals surface area contributed by atoms with E-state index in [2.05, 4.69) is 11.4 Å². The van der Waals surface area contributed by atoms with Gasteiger partial charge in [0.2, 0.25) is 0 Å². The summed E-state index contributed by atoms with van der Waals surface area (Å²) in [4.78, 5) is 0. The summed E-state index contributed by atoms with van der Waals surface area (Å²) in [5.74, 6) is 1.35. The van der Waals surface area contributed by atoms with Gasteiger partial charge in [0.15, 0.2) is 6.35 Å². The second-order valence-corrected chi connectivity index (χ2v) is 8.02. The highest BCUT2D eigenvalue weighted by atomic mass is 31.2. The van der Waals surface area contributed by atoms with Gasteiger partial charge in [-0.3, -0.25) is 4.57 Å².